The molecule has 47 heavy (non-hydrogen) atoms. The van der Waals surface area contributed by atoms with E-state index in [1.165, 1.54) is 0 Å². The third kappa shape index (κ3) is 14.5. The Morgan fingerprint density at radius 1 is 0.255 bits per heavy atom. The Morgan fingerprint density at radius 2 is 0.298 bits per heavy atom. The first-order chi connectivity index (χ1) is 19.0. The van der Waals surface area contributed by atoms with Crippen molar-refractivity contribution >= 4 is 32.9 Å². The van der Waals surface area contributed by atoms with Gasteiger partial charge in [-0.05, 0) is 32.9 Å². The Morgan fingerprint density at radius 3 is 0.298 bits per heavy atom. The van der Waals surface area contributed by atoms with Crippen LogP contribution in [0.15, 0.2) is 0 Å². The molecule has 0 aliphatic carbocycles. The average molecular weight is 819 g/mol. The maximum absolute atomic E-state index is 13.3. The van der Waals surface area contributed by atoms with Gasteiger partial charge in [0, 0.05) is 20.0 Å². The molecule has 0 fully saturated rings. The second-order valence-electron chi connectivity index (χ2n) is 23.8. The summed E-state index contributed by atoms with van der Waals surface area (Å²) in [4.78, 5) is 39.9. The van der Waals surface area contributed by atoms with E-state index >= 15 is 0 Å². The molecule has 0 spiro atoms. The van der Waals surface area contributed by atoms with Gasteiger partial charge in [0.2, 0.25) is 0 Å². The van der Waals surface area contributed by atoms with Gasteiger partial charge in [0.15, 0.2) is 0 Å². The molecule has 0 aromatic heterocycles. The molecular weight excluding hydrogens is 728 g/mol. The summed E-state index contributed by atoms with van der Waals surface area (Å²) in [5, 5.41) is -0.844. The van der Waals surface area contributed by atoms with E-state index in [-0.39, 0.29) is 74.3 Å². The van der Waals surface area contributed by atoms with Crippen LogP contribution in [0.25, 0.3) is 0 Å². The van der Waals surface area contributed by atoms with E-state index in [9.17, 15) is 14.4 Å². The smallest absolute Gasteiger partial charge is 0.857 e. The number of hydrogen-bond donors (Lipinski definition) is 0. The first-order valence-corrected chi connectivity index (χ1v) is 26.6. The first-order valence-electron chi connectivity index (χ1n) is 17.9. The predicted molar refractivity (Wildman–Crippen MR) is 221 cm³/mol. The van der Waals surface area contributed by atoms with Crippen LogP contribution in [0, 0.1) is 0 Å². The molecule has 0 aromatic rings. The Kier molecular flexibility index (Phi) is 21.8. The van der Waals surface area contributed by atoms with Crippen LogP contribution in [-0.4, -0.2) is 44.9 Å². The molecule has 0 aliphatic heterocycles. The van der Waals surface area contributed by atoms with Gasteiger partial charge in [-0.1, -0.05) is 232 Å². The van der Waals surface area contributed by atoms with Gasteiger partial charge in [-0.2, -0.15) is 0 Å². The SMILES string of the molecule is CC(C)(C)[Si]([O-])(C(C)(C)C)C(C)(C)C.CC(C)(C)[Si]([O-])(C(C)(C)C)C(C)(C)C.CC(C)(C)[Si]([O-])(C(C)(C)C)C(C)(C)C.C[PH+](C)C.[Mo+3]. The van der Waals surface area contributed by atoms with Gasteiger partial charge in [0.05, 0.1) is 0 Å². The quantitative estimate of drug-likeness (QED) is 0.181. The third-order valence-electron chi connectivity index (χ3n) is 9.51. The zero-order valence-electron chi connectivity index (χ0n) is 38.1. The largest absolute Gasteiger partial charge is 3.00 e. The van der Waals surface area contributed by atoms with Gasteiger partial charge in [-0.3, -0.25) is 0 Å². The molecule has 0 unspecified atom stereocenters. The summed E-state index contributed by atoms with van der Waals surface area (Å²) in [6.07, 6.45) is 0. The molecule has 0 saturated heterocycles. The monoisotopic (exact) mass is 821 g/mol. The number of hydrogen-bond acceptors (Lipinski definition) is 3. The average Bonchev–Trinajstić information content (AvgIpc) is 2.64. The van der Waals surface area contributed by atoms with Gasteiger partial charge in [0.25, 0.3) is 0 Å². The zero-order valence-corrected chi connectivity index (χ0v) is 44.1. The van der Waals surface area contributed by atoms with Crippen LogP contribution in [-0.2, 0) is 21.1 Å². The second-order valence-corrected chi connectivity index (χ2v) is 44.4. The van der Waals surface area contributed by atoms with E-state index < -0.39 is 25.0 Å². The van der Waals surface area contributed by atoms with E-state index in [1.807, 2.05) is 0 Å². The number of rotatable bonds is 0. The Bertz CT molecular complexity index is 661. The fourth-order valence-corrected chi connectivity index (χ4v) is 30.4. The summed E-state index contributed by atoms with van der Waals surface area (Å²) in [5.74, 6) is 0. The van der Waals surface area contributed by atoms with Gasteiger partial charge in [-0.15, -0.1) is 0 Å². The third-order valence-corrected chi connectivity index (χ3v) is 28.5. The molecule has 0 heterocycles. The van der Waals surface area contributed by atoms with E-state index in [1.54, 1.807) is 0 Å². The van der Waals surface area contributed by atoms with E-state index in [0.29, 0.717) is 0 Å². The maximum Gasteiger partial charge on any atom is 3.00 e. The Hall–Kier alpha value is 1.65. The molecule has 287 valence electrons. The van der Waals surface area contributed by atoms with E-state index in [2.05, 4.69) is 207 Å². The predicted octanol–water partition coefficient (Wildman–Crippen LogP) is 12.2. The normalized spacial score (nSPS) is 14.9. The van der Waals surface area contributed by atoms with Crippen molar-refractivity contribution < 1.29 is 35.5 Å². The summed E-state index contributed by atoms with van der Waals surface area (Å²) in [6.45, 7) is 63.9. The van der Waals surface area contributed by atoms with Crippen LogP contribution in [0.2, 0.25) is 45.3 Å². The van der Waals surface area contributed by atoms with Crippen LogP contribution in [0.1, 0.15) is 187 Å². The van der Waals surface area contributed by atoms with Crippen LogP contribution >= 0.6 is 7.92 Å². The summed E-state index contributed by atoms with van der Waals surface area (Å²) in [6, 6.07) is 0. The molecule has 0 N–H and O–H groups in total. The molecule has 0 saturated carbocycles. The van der Waals surface area contributed by atoms with Gasteiger partial charge >= 0.3 is 21.1 Å². The van der Waals surface area contributed by atoms with Crippen molar-refractivity contribution in [3.05, 3.63) is 0 Å². The molecule has 0 aliphatic rings. The van der Waals surface area contributed by atoms with Crippen molar-refractivity contribution in [3.63, 3.8) is 0 Å². The van der Waals surface area contributed by atoms with E-state index in [0.717, 1.165) is 0 Å². The van der Waals surface area contributed by atoms with Crippen LogP contribution in [0.3, 0.4) is 0 Å². The molecule has 0 bridgehead atoms. The summed E-state index contributed by atoms with van der Waals surface area (Å²) < 4.78 is 0. The summed E-state index contributed by atoms with van der Waals surface area (Å²) in [5.41, 5.74) is 0. The molecule has 0 amide bonds. The van der Waals surface area contributed by atoms with Crippen molar-refractivity contribution in [3.8, 4) is 0 Å². The molecule has 0 atom stereocenters. The van der Waals surface area contributed by atoms with Crippen LogP contribution in [0.4, 0.5) is 0 Å². The fraction of sp³-hybridized carbons (Fsp3) is 1.00. The standard InChI is InChI=1S/3C12H27OSi.C3H9P.Mo/c3*1-10(2,3)14(13,11(4,5)6)12(7,8)9;1-4(2)3;/h3*1-9H3;1-3H3;/q3*-1;;+3/p+1. The zero-order chi connectivity index (χ0) is 39.6. The molecule has 0 aromatic carbocycles. The van der Waals surface area contributed by atoms with Crippen LogP contribution in [0.5, 0.6) is 0 Å². The van der Waals surface area contributed by atoms with Gasteiger partial charge in [0.1, 0.15) is 0 Å². The van der Waals surface area contributed by atoms with Crippen molar-refractivity contribution in [2.45, 2.75) is 232 Å². The van der Waals surface area contributed by atoms with Crippen molar-refractivity contribution in [2.24, 2.45) is 0 Å². The fourth-order valence-electron chi connectivity index (χ4n) is 10.1. The van der Waals surface area contributed by atoms with Crippen molar-refractivity contribution in [2.75, 3.05) is 20.0 Å². The molecule has 3 nitrogen and oxygen atoms in total. The van der Waals surface area contributed by atoms with Crippen LogP contribution < -0.4 is 14.4 Å². The van der Waals surface area contributed by atoms with Gasteiger partial charge < -0.3 is 14.4 Å². The molecular formula is C39H91MoO3PSi3+. The Labute approximate surface area is 318 Å². The first kappa shape index (κ1) is 58.0. The molecule has 1 radical (unpaired) electrons. The molecule has 8 heteroatoms. The van der Waals surface area contributed by atoms with E-state index in [4.69, 9.17) is 0 Å². The summed E-state index contributed by atoms with van der Waals surface area (Å²) in [7, 11) is -7.69. The minimum absolute atomic E-state index is 0. The Balaban J connectivity index is -0.000000175. The van der Waals surface area contributed by atoms with Crippen molar-refractivity contribution in [1.82, 2.24) is 0 Å². The molecule has 0 rings (SSSR count). The topological polar surface area (TPSA) is 69.2 Å². The minimum Gasteiger partial charge on any atom is -0.857 e. The maximum atomic E-state index is 13.3. The van der Waals surface area contributed by atoms with Crippen molar-refractivity contribution in [1.29, 1.82) is 0 Å². The summed E-state index contributed by atoms with van der Waals surface area (Å²) >= 11 is 0. The van der Waals surface area contributed by atoms with Gasteiger partial charge in [-0.25, -0.2) is 0 Å². The second kappa shape index (κ2) is 17.6. The minimum atomic E-state index is -2.60.